The molecule has 0 fully saturated rings. The Kier molecular flexibility index (Phi) is 6.84. The van der Waals surface area contributed by atoms with Gasteiger partial charge in [-0.2, -0.15) is 13.2 Å². The van der Waals surface area contributed by atoms with E-state index in [0.29, 0.717) is 5.69 Å². The van der Waals surface area contributed by atoms with Gasteiger partial charge in [0, 0.05) is 24.6 Å². The maximum absolute atomic E-state index is 13.1. The number of benzene rings is 2. The minimum Gasteiger partial charge on any atom is -0.351 e. The Morgan fingerprint density at radius 3 is 2.41 bits per heavy atom. The second kappa shape index (κ2) is 9.56. The van der Waals surface area contributed by atoms with Crippen molar-refractivity contribution >= 4 is 40.7 Å². The maximum atomic E-state index is 13.1. The molecule has 0 unspecified atom stereocenters. The number of anilines is 3. The summed E-state index contributed by atoms with van der Waals surface area (Å²) in [6.07, 6.45) is -1.39. The molecule has 2 aromatic carbocycles. The van der Waals surface area contributed by atoms with E-state index in [2.05, 4.69) is 15.6 Å². The Morgan fingerprint density at radius 1 is 1.09 bits per heavy atom. The number of halogens is 4. The smallest absolute Gasteiger partial charge is 0.351 e. The highest BCUT2D eigenvalue weighted by atomic mass is 35.5. The fraction of sp³-hybridized carbons (Fsp3) is 0.0952. The number of primary amides is 1. The quantitative estimate of drug-likeness (QED) is 0.479. The highest BCUT2D eigenvalue weighted by molar-refractivity contribution is 6.34. The molecule has 0 bridgehead atoms. The lowest BCUT2D eigenvalue weighted by atomic mass is 10.1. The number of urea groups is 2. The van der Waals surface area contributed by atoms with Gasteiger partial charge >= 0.3 is 18.2 Å². The molecule has 7 nitrogen and oxygen atoms in total. The molecule has 1 aromatic heterocycles. The van der Waals surface area contributed by atoms with Crippen LogP contribution in [-0.4, -0.2) is 17.0 Å². The van der Waals surface area contributed by atoms with Gasteiger partial charge in [-0.15, -0.1) is 0 Å². The molecule has 0 saturated carbocycles. The first-order chi connectivity index (χ1) is 15.1. The average Bonchev–Trinajstić information content (AvgIpc) is 2.75. The number of hydrogen-bond acceptors (Lipinski definition) is 3. The topological polar surface area (TPSA) is 100 Å². The van der Waals surface area contributed by atoms with Crippen molar-refractivity contribution in [2.24, 2.45) is 5.73 Å². The molecule has 4 N–H and O–H groups in total. The van der Waals surface area contributed by atoms with Crippen LogP contribution >= 0.6 is 11.6 Å². The van der Waals surface area contributed by atoms with Crippen LogP contribution in [0.5, 0.6) is 0 Å². The average molecular weight is 464 g/mol. The lowest BCUT2D eigenvalue weighted by Crippen LogP contribution is -2.32. The van der Waals surface area contributed by atoms with Crippen LogP contribution < -0.4 is 21.3 Å². The molecule has 0 saturated heterocycles. The number of hydrogen-bond donors (Lipinski definition) is 3. The zero-order valence-electron chi connectivity index (χ0n) is 16.4. The van der Waals surface area contributed by atoms with E-state index in [1.54, 1.807) is 24.5 Å². The van der Waals surface area contributed by atoms with E-state index < -0.39 is 23.8 Å². The standard InChI is InChI=1S/C21H17ClF3N5O2/c22-17-8-3-14(21(23,24)25)10-18(17)30(19(26)31)16-6-4-15(5-7-16)29-20(32)28-12-13-2-1-9-27-11-13/h1-11H,12H2,(H2,26,31)(H2,28,29,32). The third-order valence-electron chi connectivity index (χ3n) is 4.29. The van der Waals surface area contributed by atoms with Crippen LogP contribution in [0.1, 0.15) is 11.1 Å². The number of aromatic nitrogens is 1. The van der Waals surface area contributed by atoms with Crippen LogP contribution in [0, 0.1) is 0 Å². The molecule has 0 radical (unpaired) electrons. The number of carbonyl (C=O) groups excluding carboxylic acids is 2. The molecule has 4 amide bonds. The molecule has 0 aliphatic rings. The van der Waals surface area contributed by atoms with Crippen LogP contribution in [0.3, 0.4) is 0 Å². The first-order valence-electron chi connectivity index (χ1n) is 9.15. The number of nitrogens with one attached hydrogen (secondary N) is 2. The zero-order chi connectivity index (χ0) is 23.3. The van der Waals surface area contributed by atoms with Crippen LogP contribution in [0.15, 0.2) is 67.0 Å². The molecule has 1 heterocycles. The predicted molar refractivity (Wildman–Crippen MR) is 115 cm³/mol. The van der Waals surface area contributed by atoms with Crippen LogP contribution in [0.4, 0.5) is 39.8 Å². The predicted octanol–water partition coefficient (Wildman–Crippen LogP) is 5.29. The monoisotopic (exact) mass is 463 g/mol. The third kappa shape index (κ3) is 5.67. The lowest BCUT2D eigenvalue weighted by molar-refractivity contribution is -0.137. The van der Waals surface area contributed by atoms with E-state index >= 15 is 0 Å². The van der Waals surface area contributed by atoms with Gasteiger partial charge in [-0.1, -0.05) is 17.7 Å². The summed E-state index contributed by atoms with van der Waals surface area (Å²) in [4.78, 5) is 28.9. The minimum absolute atomic E-state index is 0.0891. The van der Waals surface area contributed by atoms with E-state index in [9.17, 15) is 22.8 Å². The number of rotatable bonds is 5. The highest BCUT2D eigenvalue weighted by Crippen LogP contribution is 2.38. The van der Waals surface area contributed by atoms with Gasteiger partial charge in [-0.25, -0.2) is 9.59 Å². The number of nitrogens with two attached hydrogens (primary N) is 1. The summed E-state index contributed by atoms with van der Waals surface area (Å²) in [5, 5.41) is 5.18. The molecule has 166 valence electrons. The van der Waals surface area contributed by atoms with Gasteiger partial charge in [0.15, 0.2) is 0 Å². The Balaban J connectivity index is 1.76. The zero-order valence-corrected chi connectivity index (χ0v) is 17.1. The van der Waals surface area contributed by atoms with Crippen molar-refractivity contribution in [3.63, 3.8) is 0 Å². The third-order valence-corrected chi connectivity index (χ3v) is 4.61. The Hall–Kier alpha value is -3.79. The van der Waals surface area contributed by atoms with Gasteiger partial charge in [0.25, 0.3) is 0 Å². The molecule has 32 heavy (non-hydrogen) atoms. The van der Waals surface area contributed by atoms with Crippen molar-refractivity contribution in [2.45, 2.75) is 12.7 Å². The molecule has 0 aliphatic heterocycles. The molecule has 11 heteroatoms. The number of pyridine rings is 1. The SMILES string of the molecule is NC(=O)N(c1ccc(NC(=O)NCc2cccnc2)cc1)c1cc(C(F)(F)F)ccc1Cl. The van der Waals surface area contributed by atoms with E-state index in [-0.39, 0.29) is 22.9 Å². The minimum atomic E-state index is -4.63. The van der Waals surface area contributed by atoms with Crippen molar-refractivity contribution < 1.29 is 22.8 Å². The van der Waals surface area contributed by atoms with Crippen molar-refractivity contribution in [3.05, 3.63) is 83.1 Å². The van der Waals surface area contributed by atoms with Crippen molar-refractivity contribution in [3.8, 4) is 0 Å². The summed E-state index contributed by atoms with van der Waals surface area (Å²) in [6, 6.07) is 10.4. The van der Waals surface area contributed by atoms with Crippen LogP contribution in [-0.2, 0) is 12.7 Å². The first-order valence-corrected chi connectivity index (χ1v) is 9.53. The van der Waals surface area contributed by atoms with E-state index in [1.807, 2.05) is 0 Å². The second-order valence-electron chi connectivity index (χ2n) is 6.55. The van der Waals surface area contributed by atoms with E-state index in [1.165, 1.54) is 24.3 Å². The van der Waals surface area contributed by atoms with Crippen molar-refractivity contribution in [1.82, 2.24) is 10.3 Å². The van der Waals surface area contributed by atoms with E-state index in [4.69, 9.17) is 17.3 Å². The summed E-state index contributed by atoms with van der Waals surface area (Å²) >= 11 is 6.03. The van der Waals surface area contributed by atoms with Gasteiger partial charge in [0.1, 0.15) is 0 Å². The number of carbonyl (C=O) groups is 2. The molecular weight excluding hydrogens is 447 g/mol. The summed E-state index contributed by atoms with van der Waals surface area (Å²) < 4.78 is 39.3. The summed E-state index contributed by atoms with van der Waals surface area (Å²) in [5.41, 5.74) is 5.57. The molecule has 0 atom stereocenters. The van der Waals surface area contributed by atoms with Gasteiger partial charge in [-0.05, 0) is 54.1 Å². The van der Waals surface area contributed by atoms with Crippen molar-refractivity contribution in [1.29, 1.82) is 0 Å². The number of nitrogens with zero attached hydrogens (tertiary/aromatic N) is 2. The summed E-state index contributed by atoms with van der Waals surface area (Å²) in [7, 11) is 0. The Morgan fingerprint density at radius 2 is 1.81 bits per heavy atom. The van der Waals surface area contributed by atoms with Crippen LogP contribution in [0.2, 0.25) is 5.02 Å². The molecule has 3 rings (SSSR count). The fourth-order valence-corrected chi connectivity index (χ4v) is 3.00. The highest BCUT2D eigenvalue weighted by Gasteiger charge is 2.32. The number of amides is 4. The first kappa shape index (κ1) is 22.9. The van der Waals surface area contributed by atoms with Gasteiger partial charge in [0.05, 0.1) is 22.0 Å². The molecular formula is C21H17ClF3N5O2. The normalized spacial score (nSPS) is 11.0. The van der Waals surface area contributed by atoms with Crippen LogP contribution in [0.25, 0.3) is 0 Å². The maximum Gasteiger partial charge on any atom is 0.416 e. The summed E-state index contributed by atoms with van der Waals surface area (Å²) in [6.45, 7) is 0.265. The van der Waals surface area contributed by atoms with Gasteiger partial charge in [0.2, 0.25) is 0 Å². The number of alkyl halides is 3. The van der Waals surface area contributed by atoms with Gasteiger partial charge < -0.3 is 16.4 Å². The van der Waals surface area contributed by atoms with Crippen molar-refractivity contribution in [2.75, 3.05) is 10.2 Å². The Labute approximate surface area is 186 Å². The van der Waals surface area contributed by atoms with E-state index in [0.717, 1.165) is 28.7 Å². The molecule has 0 spiro atoms. The summed E-state index contributed by atoms with van der Waals surface area (Å²) in [5.74, 6) is 0. The molecule has 0 aliphatic carbocycles. The largest absolute Gasteiger partial charge is 0.416 e. The fourth-order valence-electron chi connectivity index (χ4n) is 2.80. The molecule has 3 aromatic rings. The van der Waals surface area contributed by atoms with Gasteiger partial charge in [-0.3, -0.25) is 9.88 Å². The Bertz CT molecular complexity index is 1110. The second-order valence-corrected chi connectivity index (χ2v) is 6.96. The lowest BCUT2D eigenvalue weighted by Gasteiger charge is -2.23.